The number of hydrogen-bond donors (Lipinski definition) is 3. The fraction of sp³-hybridized carbons (Fsp3) is 0.889. The molecular weight excluding hydrogens is 182 g/mol. The second-order valence-corrected chi connectivity index (χ2v) is 4.70. The van der Waals surface area contributed by atoms with Crippen LogP contribution in [-0.4, -0.2) is 11.7 Å². The van der Waals surface area contributed by atoms with Crippen molar-refractivity contribution in [3.05, 3.63) is 0 Å². The van der Waals surface area contributed by atoms with Crippen LogP contribution in [0.3, 0.4) is 0 Å². The summed E-state index contributed by atoms with van der Waals surface area (Å²) >= 11 is 4.93. The Kier molecular flexibility index (Phi) is 2.69. The highest BCUT2D eigenvalue weighted by Gasteiger charge is 2.38. The van der Waals surface area contributed by atoms with Gasteiger partial charge in [0, 0.05) is 6.54 Å². The van der Waals surface area contributed by atoms with Crippen LogP contribution in [0.25, 0.3) is 0 Å². The molecule has 0 saturated heterocycles. The summed E-state index contributed by atoms with van der Waals surface area (Å²) in [5.41, 5.74) is 2.45. The standard InChI is InChI=1S/C9H17N3S/c10-12-9(13)11-5-8-4-6-1-2-7(8)3-6/h6-8H,1-5,10H2,(H2,11,12,13). The molecule has 4 N–H and O–H groups in total. The molecule has 2 aliphatic carbocycles. The summed E-state index contributed by atoms with van der Waals surface area (Å²) in [5, 5.41) is 3.73. The van der Waals surface area contributed by atoms with E-state index in [1.807, 2.05) is 0 Å². The Morgan fingerprint density at radius 3 is 2.77 bits per heavy atom. The Bertz CT molecular complexity index is 207. The molecule has 2 fully saturated rings. The molecule has 3 atom stereocenters. The lowest BCUT2D eigenvalue weighted by atomic mass is 9.89. The number of thiocarbonyl (C=S) groups is 1. The number of hydrazine groups is 1. The van der Waals surface area contributed by atoms with E-state index in [-0.39, 0.29) is 0 Å². The zero-order valence-electron chi connectivity index (χ0n) is 7.75. The van der Waals surface area contributed by atoms with Gasteiger partial charge in [0.05, 0.1) is 0 Å². The number of nitrogens with one attached hydrogen (secondary N) is 2. The van der Waals surface area contributed by atoms with Crippen molar-refractivity contribution in [2.24, 2.45) is 23.6 Å². The third-order valence-electron chi connectivity index (χ3n) is 3.54. The van der Waals surface area contributed by atoms with E-state index in [2.05, 4.69) is 10.7 Å². The predicted molar refractivity (Wildman–Crippen MR) is 56.9 cm³/mol. The van der Waals surface area contributed by atoms with Crippen molar-refractivity contribution < 1.29 is 0 Å². The summed E-state index contributed by atoms with van der Waals surface area (Å²) in [6.07, 6.45) is 5.74. The summed E-state index contributed by atoms with van der Waals surface area (Å²) in [6, 6.07) is 0. The average Bonchev–Trinajstić information content (AvgIpc) is 2.74. The van der Waals surface area contributed by atoms with Gasteiger partial charge in [-0.15, -0.1) is 0 Å². The Balaban J connectivity index is 1.74. The molecule has 3 nitrogen and oxygen atoms in total. The maximum Gasteiger partial charge on any atom is 0.180 e. The predicted octanol–water partition coefficient (Wildman–Crippen LogP) is 0.760. The number of fused-ring (bicyclic) bond motifs is 2. The van der Waals surface area contributed by atoms with E-state index in [0.717, 1.165) is 24.3 Å². The van der Waals surface area contributed by atoms with Crippen LogP contribution < -0.4 is 16.6 Å². The van der Waals surface area contributed by atoms with Gasteiger partial charge in [-0.25, -0.2) is 5.84 Å². The molecular formula is C9H17N3S. The zero-order valence-corrected chi connectivity index (χ0v) is 8.57. The minimum atomic E-state index is 0.572. The number of nitrogens with two attached hydrogens (primary N) is 1. The van der Waals surface area contributed by atoms with Crippen molar-refractivity contribution >= 4 is 17.3 Å². The zero-order chi connectivity index (χ0) is 9.26. The lowest BCUT2D eigenvalue weighted by Crippen LogP contribution is -2.42. The maximum absolute atomic E-state index is 5.18. The van der Waals surface area contributed by atoms with Gasteiger partial charge in [-0.2, -0.15) is 0 Å². The van der Waals surface area contributed by atoms with Crippen molar-refractivity contribution in [1.82, 2.24) is 10.7 Å². The van der Waals surface area contributed by atoms with Crippen LogP contribution in [0.4, 0.5) is 0 Å². The summed E-state index contributed by atoms with van der Waals surface area (Å²) in [7, 11) is 0. The van der Waals surface area contributed by atoms with E-state index in [4.69, 9.17) is 18.1 Å². The second-order valence-electron chi connectivity index (χ2n) is 4.29. The smallest absolute Gasteiger partial charge is 0.180 e. The highest BCUT2D eigenvalue weighted by atomic mass is 32.1. The van der Waals surface area contributed by atoms with Crippen molar-refractivity contribution in [3.8, 4) is 0 Å². The summed E-state index contributed by atoms with van der Waals surface area (Å²) < 4.78 is 0. The number of rotatable bonds is 2. The van der Waals surface area contributed by atoms with Gasteiger partial charge in [0.15, 0.2) is 5.11 Å². The van der Waals surface area contributed by atoms with Gasteiger partial charge >= 0.3 is 0 Å². The van der Waals surface area contributed by atoms with Gasteiger partial charge in [-0.3, -0.25) is 0 Å². The lowest BCUT2D eigenvalue weighted by molar-refractivity contribution is 0.332. The molecule has 2 aliphatic rings. The first-order valence-electron chi connectivity index (χ1n) is 5.04. The van der Waals surface area contributed by atoms with Crippen LogP contribution in [0.15, 0.2) is 0 Å². The van der Waals surface area contributed by atoms with Gasteiger partial charge in [-0.1, -0.05) is 6.42 Å². The summed E-state index contributed by atoms with van der Waals surface area (Å²) in [5.74, 6) is 7.98. The molecule has 0 aliphatic heterocycles. The monoisotopic (exact) mass is 199 g/mol. The Morgan fingerprint density at radius 2 is 2.23 bits per heavy atom. The first-order chi connectivity index (χ1) is 6.29. The van der Waals surface area contributed by atoms with E-state index in [1.54, 1.807) is 0 Å². The summed E-state index contributed by atoms with van der Waals surface area (Å²) in [4.78, 5) is 0. The lowest BCUT2D eigenvalue weighted by Gasteiger charge is -2.22. The molecule has 74 valence electrons. The van der Waals surface area contributed by atoms with Crippen LogP contribution in [-0.2, 0) is 0 Å². The molecule has 2 bridgehead atoms. The first-order valence-corrected chi connectivity index (χ1v) is 5.45. The van der Waals surface area contributed by atoms with E-state index in [1.165, 1.54) is 25.7 Å². The molecule has 13 heavy (non-hydrogen) atoms. The van der Waals surface area contributed by atoms with Crippen LogP contribution in [0.5, 0.6) is 0 Å². The van der Waals surface area contributed by atoms with Gasteiger partial charge in [0.1, 0.15) is 0 Å². The average molecular weight is 199 g/mol. The van der Waals surface area contributed by atoms with Gasteiger partial charge < -0.3 is 10.7 Å². The van der Waals surface area contributed by atoms with Crippen molar-refractivity contribution in [2.75, 3.05) is 6.54 Å². The first kappa shape index (κ1) is 9.21. The molecule has 0 amide bonds. The fourth-order valence-corrected chi connectivity index (χ4v) is 2.98. The number of hydrogen-bond acceptors (Lipinski definition) is 2. The minimum Gasteiger partial charge on any atom is -0.361 e. The van der Waals surface area contributed by atoms with Gasteiger partial charge in [0.2, 0.25) is 0 Å². The van der Waals surface area contributed by atoms with Crippen LogP contribution in [0.1, 0.15) is 25.7 Å². The Hall–Kier alpha value is -0.350. The van der Waals surface area contributed by atoms with Crippen LogP contribution >= 0.6 is 12.2 Å². The second kappa shape index (κ2) is 3.80. The van der Waals surface area contributed by atoms with Crippen molar-refractivity contribution in [2.45, 2.75) is 25.7 Å². The van der Waals surface area contributed by atoms with E-state index >= 15 is 0 Å². The van der Waals surface area contributed by atoms with Gasteiger partial charge in [0.25, 0.3) is 0 Å². The topological polar surface area (TPSA) is 50.1 Å². The van der Waals surface area contributed by atoms with Crippen LogP contribution in [0, 0.1) is 17.8 Å². The molecule has 0 aromatic carbocycles. The Labute approximate surface area is 84.4 Å². The third-order valence-corrected chi connectivity index (χ3v) is 3.80. The SMILES string of the molecule is NNC(=S)NCC1CC2CCC1C2. The molecule has 3 unspecified atom stereocenters. The molecule has 4 heteroatoms. The van der Waals surface area contributed by atoms with E-state index in [9.17, 15) is 0 Å². The summed E-state index contributed by atoms with van der Waals surface area (Å²) in [6.45, 7) is 1.00. The quantitative estimate of drug-likeness (QED) is 0.349. The van der Waals surface area contributed by atoms with Crippen molar-refractivity contribution in [1.29, 1.82) is 0 Å². The largest absolute Gasteiger partial charge is 0.361 e. The molecule has 0 spiro atoms. The van der Waals surface area contributed by atoms with E-state index in [0.29, 0.717) is 5.11 Å². The van der Waals surface area contributed by atoms with Crippen LogP contribution in [0.2, 0.25) is 0 Å². The highest BCUT2D eigenvalue weighted by molar-refractivity contribution is 7.80. The minimum absolute atomic E-state index is 0.572. The fourth-order valence-electron chi connectivity index (χ4n) is 2.90. The third kappa shape index (κ3) is 1.94. The molecule has 0 aromatic rings. The molecule has 2 rings (SSSR count). The van der Waals surface area contributed by atoms with Gasteiger partial charge in [-0.05, 0) is 49.2 Å². The molecule has 2 saturated carbocycles. The van der Waals surface area contributed by atoms with Crippen molar-refractivity contribution in [3.63, 3.8) is 0 Å². The van der Waals surface area contributed by atoms with E-state index < -0.39 is 0 Å². The highest BCUT2D eigenvalue weighted by Crippen LogP contribution is 2.47. The normalized spacial score (nSPS) is 36.2. The molecule has 0 radical (unpaired) electrons. The maximum atomic E-state index is 5.18. The Morgan fingerprint density at radius 1 is 1.38 bits per heavy atom. The molecule has 0 heterocycles. The molecule has 0 aromatic heterocycles.